The van der Waals surface area contributed by atoms with Crippen molar-refractivity contribution in [1.29, 1.82) is 0 Å². The van der Waals surface area contributed by atoms with E-state index in [4.69, 9.17) is 9.47 Å². The van der Waals surface area contributed by atoms with Crippen LogP contribution >= 0.6 is 0 Å². The molecule has 6 aliphatic heterocycles. The molecule has 6 aromatic carbocycles. The Morgan fingerprint density at radius 3 is 1.28 bits per heavy atom. The van der Waals surface area contributed by atoms with Gasteiger partial charge in [0.1, 0.15) is 22.2 Å². The minimum absolute atomic E-state index is 0.0565. The Balaban J connectivity index is 0.000000113. The van der Waals surface area contributed by atoms with Crippen molar-refractivity contribution in [2.24, 2.45) is 0 Å². The van der Waals surface area contributed by atoms with Crippen LogP contribution in [0.5, 0.6) is 0 Å². The van der Waals surface area contributed by atoms with Crippen LogP contribution in [0.3, 0.4) is 0 Å². The van der Waals surface area contributed by atoms with Crippen molar-refractivity contribution in [2.45, 2.75) is 108 Å². The van der Waals surface area contributed by atoms with Crippen molar-refractivity contribution < 1.29 is 19.1 Å². The summed E-state index contributed by atoms with van der Waals surface area (Å²) < 4.78 is 23.9. The average Bonchev–Trinajstić information content (AvgIpc) is 1.54. The molecule has 96 heavy (non-hydrogen) atoms. The number of benzene rings is 6. The monoisotopic (exact) mass is 1280 g/mol. The SMILES string of the molecule is Cc1ccc2c(c1)C(=O)OC21CCN(CCCn2c(=O)c3cccn3c3ccccc32)CC1.O=C1NC2(CCN(CCCn3c(=O)c4cccn4c4ccccc43)CC2)c2ccccc21.O=c1c2cccn2c2ccccc2n1CCCN1CCC2(CC1)OCc1ccccc12. The Hall–Kier alpha value is -9.65. The van der Waals surface area contributed by atoms with Gasteiger partial charge in [0, 0.05) is 101 Å². The fraction of sp³-hybridized carbons (Fsp3) is 0.329. The highest BCUT2D eigenvalue weighted by molar-refractivity contribution is 6.00. The molecule has 0 aliphatic carbocycles. The molecule has 3 spiro atoms. The predicted molar refractivity (Wildman–Crippen MR) is 375 cm³/mol. The summed E-state index contributed by atoms with van der Waals surface area (Å²) in [5.74, 6) is -0.129. The number of likely N-dealkylation sites (tertiary alicyclic amines) is 3. The van der Waals surface area contributed by atoms with Crippen molar-refractivity contribution in [2.75, 3.05) is 58.9 Å². The van der Waals surface area contributed by atoms with E-state index in [1.165, 1.54) is 11.1 Å². The number of esters is 1. The number of rotatable bonds is 12. The summed E-state index contributed by atoms with van der Waals surface area (Å²) in [4.78, 5) is 71.5. The number of ether oxygens (including phenoxy) is 2. The second-order valence-corrected chi connectivity index (χ2v) is 27.2. The molecular formula is C79H80N10O7. The molecule has 12 aromatic rings. The fourth-order valence-corrected chi connectivity index (χ4v) is 16.7. The van der Waals surface area contributed by atoms with E-state index in [-0.39, 0.29) is 39.7 Å². The van der Waals surface area contributed by atoms with Gasteiger partial charge in [-0.3, -0.25) is 19.2 Å². The van der Waals surface area contributed by atoms with Crippen molar-refractivity contribution >= 4 is 61.5 Å². The van der Waals surface area contributed by atoms with Gasteiger partial charge in [0.2, 0.25) is 0 Å². The highest BCUT2D eigenvalue weighted by atomic mass is 16.6. The van der Waals surface area contributed by atoms with Crippen LogP contribution in [0.25, 0.3) is 49.7 Å². The number of carbonyl (C=O) groups is 2. The number of hydrogen-bond donors (Lipinski definition) is 1. The molecule has 0 radical (unpaired) electrons. The van der Waals surface area contributed by atoms with Crippen LogP contribution in [-0.4, -0.2) is 112 Å². The molecule has 6 aromatic heterocycles. The Bertz CT molecular complexity index is 5160. The van der Waals surface area contributed by atoms with E-state index in [2.05, 4.69) is 86.7 Å². The minimum atomic E-state index is -0.468. The van der Waals surface area contributed by atoms with Crippen LogP contribution < -0.4 is 22.0 Å². The van der Waals surface area contributed by atoms with Gasteiger partial charge in [0.15, 0.2) is 0 Å². The van der Waals surface area contributed by atoms with Crippen molar-refractivity contribution in [1.82, 2.24) is 46.9 Å². The first-order valence-corrected chi connectivity index (χ1v) is 34.4. The Labute approximate surface area is 555 Å². The third-order valence-electron chi connectivity index (χ3n) is 21.8. The van der Waals surface area contributed by atoms with Crippen molar-refractivity contribution in [3.8, 4) is 0 Å². The highest BCUT2D eigenvalue weighted by Gasteiger charge is 2.48. The summed E-state index contributed by atoms with van der Waals surface area (Å²) in [7, 11) is 0. The third kappa shape index (κ3) is 10.9. The summed E-state index contributed by atoms with van der Waals surface area (Å²) in [6, 6.07) is 58.6. The first kappa shape index (κ1) is 61.2. The fourth-order valence-electron chi connectivity index (χ4n) is 16.7. The van der Waals surface area contributed by atoms with Crippen LogP contribution in [0.4, 0.5) is 0 Å². The Morgan fingerprint density at radius 2 is 0.792 bits per heavy atom. The number of aryl methyl sites for hydroxylation is 4. The molecule has 0 saturated carbocycles. The lowest BCUT2D eigenvalue weighted by molar-refractivity contribution is -0.0789. The standard InChI is InChI=1S/C27H27N3O3.C26H26N4O2.C26H27N3O2/c1-19-9-10-21-20(18-19)26(32)33-27(21)11-16-28(17-12-27)13-5-15-30-23-7-3-2-6-22(23)29-14-4-8-24(29)25(30)31;31-24-19-7-1-2-8-20(19)26(27-24)12-17-28(18-13-26)14-6-16-30-22-10-4-3-9-21(22)29-15-5-11-23(29)25(30)32;30-25-24-11-5-15-28(24)22-9-3-4-10-23(22)29(25)16-6-14-27-17-12-26(13-18-27)21-8-2-1-7-20(21)19-31-26/h2-4,6-10,14,18H,5,11-13,15-17H2,1H3;1-5,7-11,15H,6,12-14,16-18H2,(H,27,31);1-5,7-11,15H,6,12-14,16-19H2. The summed E-state index contributed by atoms with van der Waals surface area (Å²) in [5.41, 5.74) is 15.4. The number of piperidine rings is 3. The van der Waals surface area contributed by atoms with Gasteiger partial charge in [-0.15, -0.1) is 0 Å². The van der Waals surface area contributed by atoms with Gasteiger partial charge in [0.05, 0.1) is 56.4 Å². The molecule has 0 bridgehead atoms. The maximum atomic E-state index is 13.1. The number of nitrogens with zero attached hydrogens (tertiary/aromatic N) is 9. The van der Waals surface area contributed by atoms with E-state index in [0.717, 1.165) is 202 Å². The molecule has 3 fully saturated rings. The second-order valence-electron chi connectivity index (χ2n) is 27.2. The summed E-state index contributed by atoms with van der Waals surface area (Å²) in [6.07, 6.45) is 14.2. The molecule has 12 heterocycles. The number of carbonyl (C=O) groups excluding carboxylic acids is 2. The second kappa shape index (κ2) is 25.2. The van der Waals surface area contributed by atoms with Crippen LogP contribution in [0.15, 0.2) is 209 Å². The maximum Gasteiger partial charge on any atom is 0.339 e. The van der Waals surface area contributed by atoms with Gasteiger partial charge >= 0.3 is 5.97 Å². The van der Waals surface area contributed by atoms with Gasteiger partial charge in [-0.25, -0.2) is 4.79 Å². The maximum absolute atomic E-state index is 13.1. The number of hydrogen-bond acceptors (Lipinski definition) is 10. The molecule has 0 atom stereocenters. The van der Waals surface area contributed by atoms with Crippen LogP contribution in [-0.2, 0) is 52.5 Å². The van der Waals surface area contributed by atoms with E-state index in [1.807, 2.05) is 162 Å². The number of para-hydroxylation sites is 6. The molecular weight excluding hydrogens is 1200 g/mol. The van der Waals surface area contributed by atoms with Gasteiger partial charge < -0.3 is 56.4 Å². The average molecular weight is 1280 g/mol. The minimum Gasteiger partial charge on any atom is -0.450 e. The van der Waals surface area contributed by atoms with E-state index in [0.29, 0.717) is 18.6 Å². The van der Waals surface area contributed by atoms with E-state index >= 15 is 0 Å². The Kier molecular flexibility index (Phi) is 16.1. The molecule has 6 aliphatic rings. The Morgan fingerprint density at radius 1 is 0.385 bits per heavy atom. The lowest BCUT2D eigenvalue weighted by Crippen LogP contribution is -2.49. The van der Waals surface area contributed by atoms with Crippen molar-refractivity contribution in [3.05, 3.63) is 265 Å². The number of nitrogens with one attached hydrogen (secondary N) is 1. The first-order chi connectivity index (χ1) is 47.0. The highest BCUT2D eigenvalue weighted by Crippen LogP contribution is 2.46. The number of fused-ring (bicyclic) bond motifs is 15. The summed E-state index contributed by atoms with van der Waals surface area (Å²) in [5, 5.41) is 3.27. The molecule has 17 heteroatoms. The zero-order valence-corrected chi connectivity index (χ0v) is 54.4. The lowest BCUT2D eigenvalue weighted by atomic mass is 9.82. The smallest absolute Gasteiger partial charge is 0.339 e. The van der Waals surface area contributed by atoms with Crippen molar-refractivity contribution in [3.63, 3.8) is 0 Å². The zero-order valence-electron chi connectivity index (χ0n) is 54.4. The topological polar surface area (TPSA) is 154 Å². The predicted octanol–water partition coefficient (Wildman–Crippen LogP) is 11.7. The molecule has 488 valence electrons. The van der Waals surface area contributed by atoms with E-state index in [1.54, 1.807) is 0 Å². The largest absolute Gasteiger partial charge is 0.450 e. The van der Waals surface area contributed by atoms with Crippen LogP contribution in [0, 0.1) is 6.92 Å². The molecule has 1 amide bonds. The normalized spacial score (nSPS) is 17.9. The molecule has 17 nitrogen and oxygen atoms in total. The molecule has 1 N–H and O–H groups in total. The van der Waals surface area contributed by atoms with E-state index < -0.39 is 5.60 Å². The van der Waals surface area contributed by atoms with Gasteiger partial charge in [-0.2, -0.15) is 0 Å². The van der Waals surface area contributed by atoms with E-state index in [9.17, 15) is 24.0 Å². The molecule has 0 unspecified atom stereocenters. The third-order valence-corrected chi connectivity index (χ3v) is 21.8. The number of aromatic nitrogens is 6. The zero-order chi connectivity index (χ0) is 65.1. The lowest BCUT2D eigenvalue weighted by Gasteiger charge is -2.40. The van der Waals surface area contributed by atoms with Gasteiger partial charge in [-0.05, 0) is 173 Å². The van der Waals surface area contributed by atoms with Crippen LogP contribution in [0.1, 0.15) is 106 Å². The van der Waals surface area contributed by atoms with Gasteiger partial charge in [-0.1, -0.05) is 96.6 Å². The molecule has 18 rings (SSSR count). The quantitative estimate of drug-likeness (QED) is 0.117. The summed E-state index contributed by atoms with van der Waals surface area (Å²) >= 11 is 0. The van der Waals surface area contributed by atoms with Gasteiger partial charge in [0.25, 0.3) is 22.6 Å². The first-order valence-electron chi connectivity index (χ1n) is 34.4. The van der Waals surface area contributed by atoms with Crippen LogP contribution in [0.2, 0.25) is 0 Å². The number of amides is 1. The summed E-state index contributed by atoms with van der Waals surface area (Å²) in [6.45, 7) is 13.5. The molecule has 3 saturated heterocycles.